The van der Waals surface area contributed by atoms with Gasteiger partial charge in [0.25, 0.3) is 0 Å². The minimum Gasteiger partial charge on any atom is -0.368 e. The Morgan fingerprint density at radius 3 is 2.65 bits per heavy atom. The summed E-state index contributed by atoms with van der Waals surface area (Å²) in [6, 6.07) is 0.0978. The van der Waals surface area contributed by atoms with Gasteiger partial charge in [0.1, 0.15) is 5.82 Å². The predicted octanol–water partition coefficient (Wildman–Crippen LogP) is 2.66. The molecule has 2 aliphatic rings. The molecule has 2 atom stereocenters. The molecule has 0 bridgehead atoms. The average molecular weight is 288 g/mol. The van der Waals surface area contributed by atoms with E-state index in [9.17, 15) is 13.2 Å². The molecule has 112 valence electrons. The second kappa shape index (κ2) is 4.95. The van der Waals surface area contributed by atoms with Crippen LogP contribution in [-0.2, 0) is 0 Å². The van der Waals surface area contributed by atoms with Crippen LogP contribution in [0.5, 0.6) is 0 Å². The highest BCUT2D eigenvalue weighted by atomic mass is 19.4. The van der Waals surface area contributed by atoms with E-state index in [4.69, 9.17) is 0 Å². The normalized spacial score (nSPS) is 28.0. The maximum Gasteiger partial charge on any atom is 0.410 e. The number of nitrogens with one attached hydrogen (secondary N) is 2. The molecule has 0 aromatic carbocycles. The Morgan fingerprint density at radius 2 is 2.00 bits per heavy atom. The zero-order chi connectivity index (χ0) is 14.3. The fraction of sp³-hybridized carbons (Fsp3) is 0.769. The van der Waals surface area contributed by atoms with Crippen LogP contribution in [0.4, 0.5) is 19.0 Å². The Hall–Kier alpha value is -1.24. The molecule has 2 N–H and O–H groups in total. The highest BCUT2D eigenvalue weighted by Gasteiger charge is 2.45. The third-order valence-electron chi connectivity index (χ3n) is 4.16. The zero-order valence-electron chi connectivity index (χ0n) is 11.4. The van der Waals surface area contributed by atoms with Crippen LogP contribution in [0, 0.1) is 0 Å². The number of aromatic nitrogens is 2. The van der Waals surface area contributed by atoms with Crippen LogP contribution in [-0.4, -0.2) is 35.1 Å². The van der Waals surface area contributed by atoms with Gasteiger partial charge in [-0.1, -0.05) is 0 Å². The van der Waals surface area contributed by atoms with Crippen LogP contribution in [0.15, 0.2) is 6.07 Å². The third kappa shape index (κ3) is 2.51. The molecule has 1 aromatic heterocycles. The monoisotopic (exact) mass is 288 g/mol. The van der Waals surface area contributed by atoms with Gasteiger partial charge in [-0.25, -0.2) is 4.68 Å². The summed E-state index contributed by atoms with van der Waals surface area (Å²) in [5.41, 5.74) is 0.789. The van der Waals surface area contributed by atoms with Crippen molar-refractivity contribution in [3.05, 3.63) is 11.8 Å². The number of nitrogens with zero attached hydrogens (tertiary/aromatic N) is 2. The van der Waals surface area contributed by atoms with E-state index in [0.717, 1.165) is 36.3 Å². The molecule has 0 aliphatic carbocycles. The first kappa shape index (κ1) is 13.7. The van der Waals surface area contributed by atoms with Crippen LogP contribution in [0.2, 0.25) is 0 Å². The summed E-state index contributed by atoms with van der Waals surface area (Å²) in [4.78, 5) is 0. The molecule has 0 amide bonds. The van der Waals surface area contributed by atoms with Gasteiger partial charge < -0.3 is 10.6 Å². The van der Waals surface area contributed by atoms with Crippen LogP contribution < -0.4 is 10.6 Å². The molecule has 0 saturated carbocycles. The van der Waals surface area contributed by atoms with Crippen molar-refractivity contribution in [2.75, 3.05) is 18.4 Å². The van der Waals surface area contributed by atoms with Crippen LogP contribution in [0.3, 0.4) is 0 Å². The molecule has 0 spiro atoms. The summed E-state index contributed by atoms with van der Waals surface area (Å²) in [6.45, 7) is 3.58. The Labute approximate surface area is 115 Å². The van der Waals surface area contributed by atoms with Gasteiger partial charge in [0, 0.05) is 18.0 Å². The van der Waals surface area contributed by atoms with Gasteiger partial charge in [-0.15, -0.1) is 0 Å². The number of hydrogen-bond acceptors (Lipinski definition) is 3. The van der Waals surface area contributed by atoms with Crippen molar-refractivity contribution in [2.24, 2.45) is 0 Å². The van der Waals surface area contributed by atoms with Crippen molar-refractivity contribution in [3.63, 3.8) is 0 Å². The summed E-state index contributed by atoms with van der Waals surface area (Å²) in [6.07, 6.45) is -2.35. The van der Waals surface area contributed by atoms with E-state index >= 15 is 0 Å². The third-order valence-corrected chi connectivity index (χ3v) is 4.16. The second-order valence-electron chi connectivity index (χ2n) is 5.76. The Kier molecular flexibility index (Phi) is 3.40. The van der Waals surface area contributed by atoms with E-state index in [-0.39, 0.29) is 18.4 Å². The van der Waals surface area contributed by atoms with E-state index < -0.39 is 12.2 Å². The fourth-order valence-corrected chi connectivity index (χ4v) is 3.09. The molecule has 7 heteroatoms. The minimum atomic E-state index is -4.25. The van der Waals surface area contributed by atoms with Crippen molar-refractivity contribution in [3.8, 4) is 0 Å². The minimum absolute atomic E-state index is 0.0316. The van der Waals surface area contributed by atoms with E-state index in [2.05, 4.69) is 15.7 Å². The number of alkyl halides is 3. The number of anilines is 1. The average Bonchev–Trinajstić information content (AvgIpc) is 2.81. The van der Waals surface area contributed by atoms with Crippen molar-refractivity contribution in [2.45, 2.75) is 50.4 Å². The van der Waals surface area contributed by atoms with Crippen LogP contribution in [0.1, 0.15) is 43.8 Å². The topological polar surface area (TPSA) is 41.9 Å². The quantitative estimate of drug-likeness (QED) is 0.835. The largest absolute Gasteiger partial charge is 0.410 e. The predicted molar refractivity (Wildman–Crippen MR) is 69.9 cm³/mol. The van der Waals surface area contributed by atoms with Crippen LogP contribution in [0.25, 0.3) is 0 Å². The lowest BCUT2D eigenvalue weighted by atomic mass is 9.95. The molecule has 4 nitrogen and oxygen atoms in total. The second-order valence-corrected chi connectivity index (χ2v) is 5.76. The van der Waals surface area contributed by atoms with E-state index in [0.29, 0.717) is 5.82 Å². The molecule has 20 heavy (non-hydrogen) atoms. The summed E-state index contributed by atoms with van der Waals surface area (Å²) in [5.74, 6) is 0.764. The summed E-state index contributed by atoms with van der Waals surface area (Å²) < 4.78 is 40.6. The summed E-state index contributed by atoms with van der Waals surface area (Å²) in [5, 5.41) is 10.6. The van der Waals surface area contributed by atoms with E-state index in [1.807, 2.05) is 0 Å². The summed E-state index contributed by atoms with van der Waals surface area (Å²) in [7, 11) is 0. The summed E-state index contributed by atoms with van der Waals surface area (Å²) >= 11 is 0. The number of piperidine rings is 1. The molecule has 1 aromatic rings. The first-order chi connectivity index (χ1) is 9.45. The Morgan fingerprint density at radius 1 is 1.30 bits per heavy atom. The van der Waals surface area contributed by atoms with Gasteiger partial charge in [-0.2, -0.15) is 18.3 Å². The molecule has 1 saturated heterocycles. The molecule has 3 heterocycles. The lowest BCUT2D eigenvalue weighted by molar-refractivity contribution is -0.173. The molecule has 2 aliphatic heterocycles. The maximum atomic E-state index is 13.1. The van der Waals surface area contributed by atoms with Crippen LogP contribution >= 0.6 is 0 Å². The van der Waals surface area contributed by atoms with Gasteiger partial charge in [-0.05, 0) is 39.3 Å². The highest BCUT2D eigenvalue weighted by Crippen LogP contribution is 2.40. The van der Waals surface area contributed by atoms with E-state index in [1.165, 1.54) is 0 Å². The van der Waals surface area contributed by atoms with Crippen molar-refractivity contribution in [1.29, 1.82) is 0 Å². The van der Waals surface area contributed by atoms with Crippen molar-refractivity contribution < 1.29 is 13.2 Å². The molecular weight excluding hydrogens is 269 g/mol. The molecule has 1 fully saturated rings. The lowest BCUT2D eigenvalue weighted by Crippen LogP contribution is -2.37. The van der Waals surface area contributed by atoms with E-state index in [1.54, 1.807) is 13.0 Å². The van der Waals surface area contributed by atoms with Gasteiger partial charge in [0.2, 0.25) is 0 Å². The van der Waals surface area contributed by atoms with Crippen molar-refractivity contribution in [1.82, 2.24) is 15.1 Å². The number of halogens is 3. The lowest BCUT2D eigenvalue weighted by Gasteiger charge is -2.31. The van der Waals surface area contributed by atoms with Crippen molar-refractivity contribution >= 4 is 5.82 Å². The van der Waals surface area contributed by atoms with Gasteiger partial charge in [0.05, 0.1) is 5.69 Å². The van der Waals surface area contributed by atoms with Gasteiger partial charge in [-0.3, -0.25) is 0 Å². The number of fused-ring (bicyclic) bond motifs is 1. The fourth-order valence-electron chi connectivity index (χ4n) is 3.09. The smallest absolute Gasteiger partial charge is 0.368 e. The zero-order valence-corrected chi connectivity index (χ0v) is 11.4. The number of rotatable bonds is 1. The Bertz CT molecular complexity index is 476. The molecule has 3 rings (SSSR count). The molecular formula is C13H19F3N4. The molecule has 0 radical (unpaired) electrons. The van der Waals surface area contributed by atoms with Gasteiger partial charge in [0.15, 0.2) is 6.04 Å². The first-order valence-electron chi connectivity index (χ1n) is 7.08. The maximum absolute atomic E-state index is 13.1. The SMILES string of the molecule is C[C@H]1C[C@@H](C(F)(F)F)n2nc(C3CCNCC3)cc2N1. The standard InChI is InChI=1S/C13H19F3N4/c1-8-6-11(13(14,15)16)20-12(18-8)7-10(19-20)9-2-4-17-5-3-9/h7-9,11,17-18H,2-6H2,1H3/t8-,11-/m0/s1. The molecule has 0 unspecified atom stereocenters. The highest BCUT2D eigenvalue weighted by molar-refractivity contribution is 5.41. The Balaban J connectivity index is 1.91. The first-order valence-corrected chi connectivity index (χ1v) is 7.08. The van der Waals surface area contributed by atoms with Gasteiger partial charge >= 0.3 is 6.18 Å². The number of hydrogen-bond donors (Lipinski definition) is 2.